The van der Waals surface area contributed by atoms with Crippen LogP contribution >= 0.6 is 11.8 Å². The lowest BCUT2D eigenvalue weighted by molar-refractivity contribution is 0.357. The highest BCUT2D eigenvalue weighted by atomic mass is 32.2. The molecule has 0 aromatic heterocycles. The SMILES string of the molecule is CCSCC(C)NCc1ccc2c(c1)CCO2. The Bertz CT molecular complexity index is 367. The molecule has 94 valence electrons. The molecule has 0 spiro atoms. The zero-order valence-electron chi connectivity index (χ0n) is 10.7. The lowest BCUT2D eigenvalue weighted by Crippen LogP contribution is -2.27. The second kappa shape index (κ2) is 6.31. The maximum absolute atomic E-state index is 5.51. The fourth-order valence-corrected chi connectivity index (χ4v) is 2.70. The molecular formula is C14H21NOS. The molecule has 1 N–H and O–H groups in total. The molecule has 0 fully saturated rings. The predicted octanol–water partition coefficient (Wildman–Crippen LogP) is 2.85. The first kappa shape index (κ1) is 12.8. The molecule has 0 saturated heterocycles. The van der Waals surface area contributed by atoms with Gasteiger partial charge in [0.1, 0.15) is 5.75 Å². The lowest BCUT2D eigenvalue weighted by Gasteiger charge is -2.13. The van der Waals surface area contributed by atoms with E-state index in [2.05, 4.69) is 37.4 Å². The Morgan fingerprint density at radius 3 is 3.18 bits per heavy atom. The molecule has 1 heterocycles. The third-order valence-corrected chi connectivity index (χ3v) is 4.12. The number of hydrogen-bond donors (Lipinski definition) is 1. The number of ether oxygens (including phenoxy) is 1. The summed E-state index contributed by atoms with van der Waals surface area (Å²) in [6, 6.07) is 7.11. The van der Waals surface area contributed by atoms with Crippen molar-refractivity contribution in [3.05, 3.63) is 29.3 Å². The van der Waals surface area contributed by atoms with Crippen molar-refractivity contribution < 1.29 is 4.74 Å². The van der Waals surface area contributed by atoms with E-state index < -0.39 is 0 Å². The highest BCUT2D eigenvalue weighted by molar-refractivity contribution is 7.99. The summed E-state index contributed by atoms with van der Waals surface area (Å²) in [4.78, 5) is 0. The van der Waals surface area contributed by atoms with Gasteiger partial charge in [-0.15, -0.1) is 0 Å². The molecule has 2 rings (SSSR count). The molecule has 0 radical (unpaired) electrons. The summed E-state index contributed by atoms with van der Waals surface area (Å²) in [5.41, 5.74) is 2.72. The number of fused-ring (bicyclic) bond motifs is 1. The summed E-state index contributed by atoms with van der Waals surface area (Å²) in [6.07, 6.45) is 1.06. The quantitative estimate of drug-likeness (QED) is 0.840. The Kier molecular flexibility index (Phi) is 4.75. The van der Waals surface area contributed by atoms with E-state index >= 15 is 0 Å². The van der Waals surface area contributed by atoms with Crippen molar-refractivity contribution in [3.8, 4) is 5.75 Å². The third kappa shape index (κ3) is 3.65. The number of thioether (sulfide) groups is 1. The fourth-order valence-electron chi connectivity index (χ4n) is 2.00. The van der Waals surface area contributed by atoms with Gasteiger partial charge in [-0.2, -0.15) is 11.8 Å². The monoisotopic (exact) mass is 251 g/mol. The zero-order chi connectivity index (χ0) is 12.1. The average molecular weight is 251 g/mol. The van der Waals surface area contributed by atoms with Gasteiger partial charge in [0.2, 0.25) is 0 Å². The van der Waals surface area contributed by atoms with E-state index in [1.54, 1.807) is 0 Å². The lowest BCUT2D eigenvalue weighted by atomic mass is 10.1. The Morgan fingerprint density at radius 2 is 2.35 bits per heavy atom. The minimum absolute atomic E-state index is 0.574. The summed E-state index contributed by atoms with van der Waals surface area (Å²) in [6.45, 7) is 6.26. The smallest absolute Gasteiger partial charge is 0.122 e. The van der Waals surface area contributed by atoms with E-state index in [0.29, 0.717) is 6.04 Å². The molecule has 1 aromatic carbocycles. The van der Waals surface area contributed by atoms with E-state index in [1.165, 1.54) is 22.6 Å². The van der Waals surface area contributed by atoms with Crippen LogP contribution < -0.4 is 10.1 Å². The number of hydrogen-bond acceptors (Lipinski definition) is 3. The Morgan fingerprint density at radius 1 is 1.47 bits per heavy atom. The van der Waals surface area contributed by atoms with Crippen molar-refractivity contribution in [2.24, 2.45) is 0 Å². The van der Waals surface area contributed by atoms with Gasteiger partial charge in [-0.3, -0.25) is 0 Å². The normalized spacial score (nSPS) is 15.4. The molecule has 1 unspecified atom stereocenters. The van der Waals surface area contributed by atoms with Crippen LogP contribution in [-0.2, 0) is 13.0 Å². The zero-order valence-corrected chi connectivity index (χ0v) is 11.5. The highest BCUT2D eigenvalue weighted by Gasteiger charge is 2.12. The average Bonchev–Trinajstić information content (AvgIpc) is 2.81. The van der Waals surface area contributed by atoms with Gasteiger partial charge < -0.3 is 10.1 Å². The van der Waals surface area contributed by atoms with Gasteiger partial charge in [-0.25, -0.2) is 0 Å². The molecular weight excluding hydrogens is 230 g/mol. The molecule has 3 heteroatoms. The van der Waals surface area contributed by atoms with Gasteiger partial charge in [0.15, 0.2) is 0 Å². The topological polar surface area (TPSA) is 21.3 Å². The summed E-state index contributed by atoms with van der Waals surface area (Å²) >= 11 is 1.99. The van der Waals surface area contributed by atoms with Crippen LogP contribution in [0.15, 0.2) is 18.2 Å². The van der Waals surface area contributed by atoms with Crippen molar-refractivity contribution in [1.82, 2.24) is 5.32 Å². The van der Waals surface area contributed by atoms with Crippen LogP contribution in [0.2, 0.25) is 0 Å². The van der Waals surface area contributed by atoms with Gasteiger partial charge in [-0.05, 0) is 29.9 Å². The van der Waals surface area contributed by atoms with Crippen molar-refractivity contribution >= 4 is 11.8 Å². The Labute approximate surface area is 108 Å². The first-order chi connectivity index (χ1) is 8.29. The second-order valence-electron chi connectivity index (χ2n) is 4.48. The number of nitrogens with one attached hydrogen (secondary N) is 1. The van der Waals surface area contributed by atoms with E-state index in [0.717, 1.165) is 25.3 Å². The molecule has 17 heavy (non-hydrogen) atoms. The van der Waals surface area contributed by atoms with Crippen molar-refractivity contribution in [2.45, 2.75) is 32.9 Å². The van der Waals surface area contributed by atoms with E-state index in [9.17, 15) is 0 Å². The van der Waals surface area contributed by atoms with Crippen LogP contribution in [0.5, 0.6) is 5.75 Å². The Balaban J connectivity index is 1.83. The minimum Gasteiger partial charge on any atom is -0.493 e. The summed E-state index contributed by atoms with van der Waals surface area (Å²) in [7, 11) is 0. The van der Waals surface area contributed by atoms with Crippen LogP contribution in [0.25, 0.3) is 0 Å². The molecule has 1 aliphatic rings. The number of benzene rings is 1. The summed E-state index contributed by atoms with van der Waals surface area (Å²) in [5.74, 6) is 3.45. The molecule has 0 amide bonds. The van der Waals surface area contributed by atoms with Crippen LogP contribution in [0.3, 0.4) is 0 Å². The van der Waals surface area contributed by atoms with Crippen molar-refractivity contribution in [2.75, 3.05) is 18.1 Å². The Hall–Kier alpha value is -0.670. The maximum atomic E-state index is 5.51. The van der Waals surface area contributed by atoms with Crippen LogP contribution in [0, 0.1) is 0 Å². The van der Waals surface area contributed by atoms with E-state index in [4.69, 9.17) is 4.74 Å². The van der Waals surface area contributed by atoms with Crippen molar-refractivity contribution in [1.29, 1.82) is 0 Å². The van der Waals surface area contributed by atoms with Gasteiger partial charge in [0.05, 0.1) is 6.61 Å². The summed E-state index contributed by atoms with van der Waals surface area (Å²) in [5, 5.41) is 3.56. The molecule has 1 aromatic rings. The fraction of sp³-hybridized carbons (Fsp3) is 0.571. The number of rotatable bonds is 6. The van der Waals surface area contributed by atoms with Gasteiger partial charge >= 0.3 is 0 Å². The highest BCUT2D eigenvalue weighted by Crippen LogP contribution is 2.25. The molecule has 1 aliphatic heterocycles. The third-order valence-electron chi connectivity index (χ3n) is 2.98. The molecule has 0 bridgehead atoms. The maximum Gasteiger partial charge on any atom is 0.122 e. The first-order valence-electron chi connectivity index (χ1n) is 6.35. The second-order valence-corrected chi connectivity index (χ2v) is 5.80. The summed E-state index contributed by atoms with van der Waals surface area (Å²) < 4.78 is 5.51. The molecule has 1 atom stereocenters. The van der Waals surface area contributed by atoms with Crippen LogP contribution in [0.4, 0.5) is 0 Å². The van der Waals surface area contributed by atoms with Crippen LogP contribution in [0.1, 0.15) is 25.0 Å². The standard InChI is InChI=1S/C14H21NOS/c1-3-17-10-11(2)15-9-12-4-5-14-13(8-12)6-7-16-14/h4-5,8,11,15H,3,6-7,9-10H2,1-2H3. The van der Waals surface area contributed by atoms with Crippen molar-refractivity contribution in [3.63, 3.8) is 0 Å². The van der Waals surface area contributed by atoms with Crippen LogP contribution in [-0.4, -0.2) is 24.2 Å². The first-order valence-corrected chi connectivity index (χ1v) is 7.50. The molecule has 2 nitrogen and oxygen atoms in total. The van der Waals surface area contributed by atoms with E-state index in [1.807, 2.05) is 11.8 Å². The predicted molar refractivity (Wildman–Crippen MR) is 74.9 cm³/mol. The van der Waals surface area contributed by atoms with Gasteiger partial charge in [0.25, 0.3) is 0 Å². The van der Waals surface area contributed by atoms with E-state index in [-0.39, 0.29) is 0 Å². The largest absolute Gasteiger partial charge is 0.493 e. The minimum atomic E-state index is 0.574. The van der Waals surface area contributed by atoms with Gasteiger partial charge in [0, 0.05) is 24.8 Å². The van der Waals surface area contributed by atoms with Gasteiger partial charge in [-0.1, -0.05) is 19.1 Å². The molecule has 0 saturated carbocycles. The molecule has 0 aliphatic carbocycles.